The average Bonchev–Trinajstić information content (AvgIpc) is 2.61. The third-order valence-electron chi connectivity index (χ3n) is 5.23. The van der Waals surface area contributed by atoms with Crippen molar-refractivity contribution in [2.45, 2.75) is 45.7 Å². The molecule has 4 rings (SSSR count). The van der Waals surface area contributed by atoms with Crippen LogP contribution in [0.25, 0.3) is 0 Å². The number of rotatable bonds is 3. The summed E-state index contributed by atoms with van der Waals surface area (Å²) in [6, 6.07) is 7.10. The van der Waals surface area contributed by atoms with Gasteiger partial charge in [-0.25, -0.2) is 9.97 Å². The van der Waals surface area contributed by atoms with Crippen LogP contribution in [0.2, 0.25) is 0 Å². The molecule has 0 amide bonds. The van der Waals surface area contributed by atoms with Crippen molar-refractivity contribution < 1.29 is 0 Å². The van der Waals surface area contributed by atoms with Crippen LogP contribution in [0.5, 0.6) is 0 Å². The molecule has 5 nitrogen and oxygen atoms in total. The van der Waals surface area contributed by atoms with E-state index in [2.05, 4.69) is 52.6 Å². The molecule has 5 heteroatoms. The summed E-state index contributed by atoms with van der Waals surface area (Å²) >= 11 is 0. The van der Waals surface area contributed by atoms with Crippen molar-refractivity contribution in [1.82, 2.24) is 20.2 Å². The van der Waals surface area contributed by atoms with Crippen LogP contribution in [0, 0.1) is 13.8 Å². The van der Waals surface area contributed by atoms with Gasteiger partial charge in [0.2, 0.25) is 5.95 Å². The predicted molar refractivity (Wildman–Crippen MR) is 101 cm³/mol. The van der Waals surface area contributed by atoms with Gasteiger partial charge in [0.15, 0.2) is 0 Å². The maximum Gasteiger partial charge on any atom is 0.227 e. The van der Waals surface area contributed by atoms with E-state index in [9.17, 15) is 0 Å². The number of aryl methyl sites for hydroxylation is 2. The fourth-order valence-electron chi connectivity index (χ4n) is 4.03. The molecule has 0 saturated carbocycles. The number of anilines is 2. The van der Waals surface area contributed by atoms with Crippen molar-refractivity contribution in [2.24, 2.45) is 0 Å². The van der Waals surface area contributed by atoms with Gasteiger partial charge < -0.3 is 10.6 Å². The molecule has 25 heavy (non-hydrogen) atoms. The van der Waals surface area contributed by atoms with Crippen LogP contribution in [0.4, 0.5) is 11.6 Å². The summed E-state index contributed by atoms with van der Waals surface area (Å²) in [5, 5.41) is 6.88. The smallest absolute Gasteiger partial charge is 0.227 e. The molecule has 0 bridgehead atoms. The quantitative estimate of drug-likeness (QED) is 0.902. The van der Waals surface area contributed by atoms with Gasteiger partial charge in [0.05, 0.1) is 5.69 Å². The number of piperidine rings is 1. The summed E-state index contributed by atoms with van der Waals surface area (Å²) in [4.78, 5) is 11.9. The molecule has 1 aromatic carbocycles. The third-order valence-corrected chi connectivity index (χ3v) is 5.23. The van der Waals surface area contributed by atoms with Gasteiger partial charge >= 0.3 is 0 Å². The molecule has 2 aliphatic rings. The lowest BCUT2D eigenvalue weighted by atomic mass is 10.0. The summed E-state index contributed by atoms with van der Waals surface area (Å²) < 4.78 is 0. The molecule has 1 fully saturated rings. The first kappa shape index (κ1) is 16.5. The van der Waals surface area contributed by atoms with Gasteiger partial charge in [-0.05, 0) is 56.5 Å². The summed E-state index contributed by atoms with van der Waals surface area (Å²) in [6.07, 6.45) is 5.60. The minimum absolute atomic E-state index is 0.662. The lowest BCUT2D eigenvalue weighted by molar-refractivity contribution is 0.149. The van der Waals surface area contributed by atoms with Gasteiger partial charge in [-0.3, -0.25) is 4.90 Å². The Hall–Kier alpha value is -1.98. The molecule has 1 atom stereocenters. The Morgan fingerprint density at radius 2 is 2.04 bits per heavy atom. The van der Waals surface area contributed by atoms with E-state index in [1.807, 2.05) is 6.20 Å². The van der Waals surface area contributed by atoms with Gasteiger partial charge in [0, 0.05) is 49.5 Å². The summed E-state index contributed by atoms with van der Waals surface area (Å²) in [5.74, 6) is 0.705. The van der Waals surface area contributed by atoms with Crippen molar-refractivity contribution in [3.05, 3.63) is 46.8 Å². The molecular formula is C20H27N5. The first-order valence-electron chi connectivity index (χ1n) is 9.32. The number of fused-ring (bicyclic) bond motifs is 1. The standard InChI is InChI=1S/C20H27N5/c1-14-8-15(2)10-17(9-14)23-20-22-11-16-13-25(7-5-19(16)24-20)18-4-3-6-21-12-18/h8-11,18,21H,3-7,12-13H2,1-2H3,(H,22,23,24). The second-order valence-corrected chi connectivity index (χ2v) is 7.39. The molecular weight excluding hydrogens is 310 g/mol. The fraction of sp³-hybridized carbons (Fsp3) is 0.500. The Bertz CT molecular complexity index is 731. The number of nitrogens with zero attached hydrogens (tertiary/aromatic N) is 3. The van der Waals surface area contributed by atoms with Crippen LogP contribution < -0.4 is 10.6 Å². The van der Waals surface area contributed by atoms with E-state index < -0.39 is 0 Å². The van der Waals surface area contributed by atoms with Crippen molar-refractivity contribution in [1.29, 1.82) is 0 Å². The topological polar surface area (TPSA) is 53.1 Å². The first-order valence-corrected chi connectivity index (χ1v) is 9.32. The van der Waals surface area contributed by atoms with Gasteiger partial charge in [0.1, 0.15) is 0 Å². The van der Waals surface area contributed by atoms with E-state index in [0.29, 0.717) is 12.0 Å². The highest BCUT2D eigenvalue weighted by Crippen LogP contribution is 2.23. The maximum absolute atomic E-state index is 4.78. The summed E-state index contributed by atoms with van der Waals surface area (Å²) in [7, 11) is 0. The van der Waals surface area contributed by atoms with Crippen LogP contribution in [0.3, 0.4) is 0 Å². The van der Waals surface area contributed by atoms with Crippen LogP contribution in [0.15, 0.2) is 24.4 Å². The Kier molecular flexibility index (Phi) is 4.68. The van der Waals surface area contributed by atoms with Crippen LogP contribution >= 0.6 is 0 Å². The molecule has 1 aromatic heterocycles. The highest BCUT2D eigenvalue weighted by Gasteiger charge is 2.25. The molecule has 0 radical (unpaired) electrons. The minimum Gasteiger partial charge on any atom is -0.324 e. The van der Waals surface area contributed by atoms with E-state index in [-0.39, 0.29) is 0 Å². The highest BCUT2D eigenvalue weighted by molar-refractivity contribution is 5.56. The number of benzene rings is 1. The van der Waals surface area contributed by atoms with Crippen molar-refractivity contribution in [3.8, 4) is 0 Å². The Morgan fingerprint density at radius 3 is 2.80 bits per heavy atom. The van der Waals surface area contributed by atoms with Crippen molar-refractivity contribution in [2.75, 3.05) is 25.0 Å². The molecule has 2 aliphatic heterocycles. The SMILES string of the molecule is Cc1cc(C)cc(Nc2ncc3c(n2)CCN(C2CCCNC2)C3)c1. The molecule has 2 aromatic rings. The zero-order valence-corrected chi connectivity index (χ0v) is 15.2. The Morgan fingerprint density at radius 1 is 1.20 bits per heavy atom. The zero-order chi connectivity index (χ0) is 17.2. The van der Waals surface area contributed by atoms with Gasteiger partial charge in [-0.2, -0.15) is 0 Å². The molecule has 132 valence electrons. The Balaban J connectivity index is 1.47. The summed E-state index contributed by atoms with van der Waals surface area (Å²) in [5.41, 5.74) is 6.03. The maximum atomic E-state index is 4.78. The van der Waals surface area contributed by atoms with Gasteiger partial charge in [0.25, 0.3) is 0 Å². The lowest BCUT2D eigenvalue weighted by Crippen LogP contribution is -2.47. The molecule has 0 aliphatic carbocycles. The molecule has 2 N–H and O–H groups in total. The zero-order valence-electron chi connectivity index (χ0n) is 15.2. The predicted octanol–water partition coefficient (Wildman–Crippen LogP) is 2.95. The number of hydrogen-bond acceptors (Lipinski definition) is 5. The minimum atomic E-state index is 0.662. The van der Waals surface area contributed by atoms with Crippen LogP contribution in [-0.2, 0) is 13.0 Å². The van der Waals surface area contributed by atoms with Crippen LogP contribution in [0.1, 0.15) is 35.2 Å². The number of aromatic nitrogens is 2. The molecule has 3 heterocycles. The van der Waals surface area contributed by atoms with Gasteiger partial charge in [-0.15, -0.1) is 0 Å². The molecule has 1 unspecified atom stereocenters. The average molecular weight is 337 g/mol. The van der Waals surface area contributed by atoms with Gasteiger partial charge in [-0.1, -0.05) is 6.07 Å². The largest absolute Gasteiger partial charge is 0.324 e. The monoisotopic (exact) mass is 337 g/mol. The lowest BCUT2D eigenvalue weighted by Gasteiger charge is -2.37. The number of nitrogens with one attached hydrogen (secondary N) is 2. The van der Waals surface area contributed by atoms with E-state index in [1.165, 1.54) is 35.2 Å². The summed E-state index contributed by atoms with van der Waals surface area (Å²) in [6.45, 7) is 8.58. The molecule has 0 spiro atoms. The van der Waals surface area contributed by atoms with E-state index in [0.717, 1.165) is 38.3 Å². The highest BCUT2D eigenvalue weighted by atomic mass is 15.2. The van der Waals surface area contributed by atoms with Crippen molar-refractivity contribution in [3.63, 3.8) is 0 Å². The second kappa shape index (κ2) is 7.10. The molecule has 1 saturated heterocycles. The van der Waals surface area contributed by atoms with Crippen LogP contribution in [-0.4, -0.2) is 40.5 Å². The third kappa shape index (κ3) is 3.83. The second-order valence-electron chi connectivity index (χ2n) is 7.39. The van der Waals surface area contributed by atoms with E-state index in [1.54, 1.807) is 0 Å². The van der Waals surface area contributed by atoms with E-state index in [4.69, 9.17) is 4.98 Å². The normalized spacial score (nSPS) is 21.0. The van der Waals surface area contributed by atoms with Crippen molar-refractivity contribution >= 4 is 11.6 Å². The first-order chi connectivity index (χ1) is 12.2. The van der Waals surface area contributed by atoms with E-state index >= 15 is 0 Å². The Labute approximate surface area is 149 Å². The fourth-order valence-corrected chi connectivity index (χ4v) is 4.03. The number of hydrogen-bond donors (Lipinski definition) is 2.